The average molecular weight is 266 g/mol. The van der Waals surface area contributed by atoms with Gasteiger partial charge in [-0.25, -0.2) is 0 Å². The number of carbonyl (C=O) groups excluding carboxylic acids is 1. The third-order valence-corrected chi connectivity index (χ3v) is 3.00. The summed E-state index contributed by atoms with van der Waals surface area (Å²) in [7, 11) is 0. The monoisotopic (exact) mass is 265 g/mol. The summed E-state index contributed by atoms with van der Waals surface area (Å²) in [5.41, 5.74) is 0. The van der Waals surface area contributed by atoms with Crippen LogP contribution < -0.4 is 5.32 Å². The van der Waals surface area contributed by atoms with Gasteiger partial charge in [-0.1, -0.05) is 22.9 Å². The van der Waals surface area contributed by atoms with Crippen LogP contribution in [0.2, 0.25) is 0 Å². The van der Waals surface area contributed by atoms with Gasteiger partial charge in [-0.05, 0) is 25.7 Å². The lowest BCUT2D eigenvalue weighted by Crippen LogP contribution is -2.28. The molecular formula is C10H20BrNO2. The molecule has 0 aromatic carbocycles. The summed E-state index contributed by atoms with van der Waals surface area (Å²) in [5, 5.41) is 3.85. The number of carbonyl (C=O) groups is 1. The van der Waals surface area contributed by atoms with Crippen LogP contribution in [0.4, 0.5) is 0 Å². The number of nitrogens with one attached hydrogen (secondary N) is 1. The predicted molar refractivity (Wildman–Crippen MR) is 61.7 cm³/mol. The summed E-state index contributed by atoms with van der Waals surface area (Å²) in [4.78, 5) is 11.1. The molecule has 84 valence electrons. The molecule has 0 aromatic heterocycles. The normalized spacial score (nSPS) is 12.5. The summed E-state index contributed by atoms with van der Waals surface area (Å²) in [6, 6.07) is 0. The minimum atomic E-state index is -0.0154. The molecule has 1 amide bonds. The van der Waals surface area contributed by atoms with E-state index in [0.717, 1.165) is 24.7 Å². The Hall–Kier alpha value is -0.0900. The number of amides is 1. The van der Waals surface area contributed by atoms with E-state index in [-0.39, 0.29) is 12.5 Å². The van der Waals surface area contributed by atoms with Gasteiger partial charge in [0, 0.05) is 18.5 Å². The van der Waals surface area contributed by atoms with Crippen molar-refractivity contribution in [2.24, 2.45) is 5.92 Å². The van der Waals surface area contributed by atoms with E-state index in [1.54, 1.807) is 0 Å². The third kappa shape index (κ3) is 8.51. The molecule has 0 bridgehead atoms. The molecule has 0 rings (SSSR count). The molecule has 3 nitrogen and oxygen atoms in total. The van der Waals surface area contributed by atoms with Gasteiger partial charge in [0.1, 0.15) is 6.61 Å². The standard InChI is InChI=1S/C10H20BrNO2/c1-3-14-8-10(13)12-6-4-5-9(2)7-11/h9H,3-8H2,1-2H3,(H,12,13). The van der Waals surface area contributed by atoms with Gasteiger partial charge in [-0.15, -0.1) is 0 Å². The Labute approximate surface area is 94.7 Å². The average Bonchev–Trinajstić information content (AvgIpc) is 2.21. The van der Waals surface area contributed by atoms with Crippen molar-refractivity contribution in [2.45, 2.75) is 26.7 Å². The van der Waals surface area contributed by atoms with Gasteiger partial charge in [0.15, 0.2) is 0 Å². The highest BCUT2D eigenvalue weighted by molar-refractivity contribution is 9.09. The van der Waals surface area contributed by atoms with E-state index >= 15 is 0 Å². The van der Waals surface area contributed by atoms with Crippen molar-refractivity contribution in [2.75, 3.05) is 25.1 Å². The molecule has 14 heavy (non-hydrogen) atoms. The SMILES string of the molecule is CCOCC(=O)NCCCC(C)CBr. The topological polar surface area (TPSA) is 38.3 Å². The fourth-order valence-corrected chi connectivity index (χ4v) is 1.33. The second-order valence-electron chi connectivity index (χ2n) is 3.39. The lowest BCUT2D eigenvalue weighted by molar-refractivity contribution is -0.125. The molecule has 0 aliphatic carbocycles. The fourth-order valence-electron chi connectivity index (χ4n) is 1.00. The summed E-state index contributed by atoms with van der Waals surface area (Å²) in [6.07, 6.45) is 2.17. The molecule has 0 radical (unpaired) electrons. The molecule has 0 spiro atoms. The maximum absolute atomic E-state index is 11.1. The minimum absolute atomic E-state index is 0.0154. The highest BCUT2D eigenvalue weighted by atomic mass is 79.9. The highest BCUT2D eigenvalue weighted by Crippen LogP contribution is 2.07. The van der Waals surface area contributed by atoms with Crippen LogP contribution in [-0.2, 0) is 9.53 Å². The van der Waals surface area contributed by atoms with Gasteiger partial charge in [-0.2, -0.15) is 0 Å². The van der Waals surface area contributed by atoms with Crippen LogP contribution in [0.15, 0.2) is 0 Å². The second kappa shape index (κ2) is 9.46. The van der Waals surface area contributed by atoms with E-state index in [2.05, 4.69) is 28.2 Å². The Morgan fingerprint density at radius 1 is 1.57 bits per heavy atom. The van der Waals surface area contributed by atoms with Crippen molar-refractivity contribution in [3.8, 4) is 0 Å². The molecule has 0 saturated heterocycles. The van der Waals surface area contributed by atoms with Crippen molar-refractivity contribution in [1.29, 1.82) is 0 Å². The molecule has 0 heterocycles. The van der Waals surface area contributed by atoms with Crippen molar-refractivity contribution in [3.05, 3.63) is 0 Å². The van der Waals surface area contributed by atoms with Gasteiger partial charge >= 0.3 is 0 Å². The first-order valence-electron chi connectivity index (χ1n) is 5.11. The Morgan fingerprint density at radius 2 is 2.29 bits per heavy atom. The van der Waals surface area contributed by atoms with Crippen molar-refractivity contribution < 1.29 is 9.53 Å². The summed E-state index contributed by atoms with van der Waals surface area (Å²) >= 11 is 3.42. The molecule has 0 aromatic rings. The summed E-state index contributed by atoms with van der Waals surface area (Å²) in [5.74, 6) is 0.664. The van der Waals surface area contributed by atoms with Crippen LogP contribution >= 0.6 is 15.9 Å². The smallest absolute Gasteiger partial charge is 0.245 e. The zero-order valence-electron chi connectivity index (χ0n) is 9.01. The largest absolute Gasteiger partial charge is 0.372 e. The quantitative estimate of drug-likeness (QED) is 0.538. The van der Waals surface area contributed by atoms with E-state index in [0.29, 0.717) is 12.5 Å². The number of hydrogen-bond acceptors (Lipinski definition) is 2. The van der Waals surface area contributed by atoms with Gasteiger partial charge < -0.3 is 10.1 Å². The van der Waals surface area contributed by atoms with E-state index in [9.17, 15) is 4.79 Å². The van der Waals surface area contributed by atoms with Crippen molar-refractivity contribution in [1.82, 2.24) is 5.32 Å². The molecule has 0 aliphatic rings. The summed E-state index contributed by atoms with van der Waals surface area (Å²) < 4.78 is 4.98. The number of ether oxygens (including phenoxy) is 1. The van der Waals surface area contributed by atoms with Gasteiger partial charge in [-0.3, -0.25) is 4.79 Å². The lowest BCUT2D eigenvalue weighted by Gasteiger charge is -2.08. The molecule has 0 aliphatic heterocycles. The van der Waals surface area contributed by atoms with E-state index in [4.69, 9.17) is 4.74 Å². The van der Waals surface area contributed by atoms with E-state index in [1.807, 2.05) is 6.92 Å². The van der Waals surface area contributed by atoms with E-state index in [1.165, 1.54) is 0 Å². The van der Waals surface area contributed by atoms with Crippen LogP contribution in [0.25, 0.3) is 0 Å². The van der Waals surface area contributed by atoms with E-state index < -0.39 is 0 Å². The Morgan fingerprint density at radius 3 is 2.86 bits per heavy atom. The van der Waals surface area contributed by atoms with Gasteiger partial charge in [0.05, 0.1) is 0 Å². The van der Waals surface area contributed by atoms with Crippen molar-refractivity contribution >= 4 is 21.8 Å². The highest BCUT2D eigenvalue weighted by Gasteiger charge is 2.01. The first-order chi connectivity index (χ1) is 6.70. The van der Waals surface area contributed by atoms with Crippen LogP contribution in [0, 0.1) is 5.92 Å². The predicted octanol–water partition coefficient (Wildman–Crippen LogP) is 1.95. The molecule has 4 heteroatoms. The van der Waals surface area contributed by atoms with Gasteiger partial charge in [0.25, 0.3) is 0 Å². The minimum Gasteiger partial charge on any atom is -0.372 e. The van der Waals surface area contributed by atoms with Crippen molar-refractivity contribution in [3.63, 3.8) is 0 Å². The number of hydrogen-bond donors (Lipinski definition) is 1. The number of rotatable bonds is 8. The Kier molecular flexibility index (Phi) is 9.40. The maximum Gasteiger partial charge on any atom is 0.245 e. The first kappa shape index (κ1) is 13.9. The van der Waals surface area contributed by atoms with Crippen LogP contribution in [-0.4, -0.2) is 31.0 Å². The maximum atomic E-state index is 11.1. The zero-order valence-corrected chi connectivity index (χ0v) is 10.6. The number of alkyl halides is 1. The molecular weight excluding hydrogens is 246 g/mol. The van der Waals surface area contributed by atoms with Crippen LogP contribution in [0.3, 0.4) is 0 Å². The molecule has 0 fully saturated rings. The lowest BCUT2D eigenvalue weighted by atomic mass is 10.1. The Balaban J connectivity index is 3.22. The molecule has 1 N–H and O–H groups in total. The fraction of sp³-hybridized carbons (Fsp3) is 0.900. The molecule has 1 atom stereocenters. The second-order valence-corrected chi connectivity index (χ2v) is 4.04. The number of halogens is 1. The Bertz CT molecular complexity index is 153. The summed E-state index contributed by atoms with van der Waals surface area (Å²) in [6.45, 7) is 5.60. The van der Waals surface area contributed by atoms with Gasteiger partial charge in [0.2, 0.25) is 5.91 Å². The molecule has 1 unspecified atom stereocenters. The first-order valence-corrected chi connectivity index (χ1v) is 6.23. The zero-order chi connectivity index (χ0) is 10.8. The molecule has 0 saturated carbocycles. The van der Waals surface area contributed by atoms with Crippen LogP contribution in [0.1, 0.15) is 26.7 Å². The van der Waals surface area contributed by atoms with Crippen LogP contribution in [0.5, 0.6) is 0 Å². The third-order valence-electron chi connectivity index (χ3n) is 1.90.